The Labute approximate surface area is 140 Å². The summed E-state index contributed by atoms with van der Waals surface area (Å²) in [5.41, 5.74) is 0.899. The van der Waals surface area contributed by atoms with E-state index in [1.807, 2.05) is 12.3 Å². The lowest BCUT2D eigenvalue weighted by molar-refractivity contribution is 0.604. The zero-order chi connectivity index (χ0) is 14.1. The fourth-order valence-electron chi connectivity index (χ4n) is 1.45. The number of aliphatic imine (C=N–C) groups is 1. The molecule has 7 heteroatoms. The van der Waals surface area contributed by atoms with Crippen molar-refractivity contribution < 1.29 is 4.39 Å². The van der Waals surface area contributed by atoms with E-state index in [2.05, 4.69) is 15.6 Å². The minimum absolute atomic E-state index is 0. The van der Waals surface area contributed by atoms with Gasteiger partial charge in [0.05, 0.1) is 11.6 Å². The molecule has 20 heavy (non-hydrogen) atoms. The summed E-state index contributed by atoms with van der Waals surface area (Å²) in [5.74, 6) is 1.26. The second-order valence-electron chi connectivity index (χ2n) is 3.76. The van der Waals surface area contributed by atoms with Crippen LogP contribution in [0.15, 0.2) is 23.2 Å². The van der Waals surface area contributed by atoms with Crippen molar-refractivity contribution in [2.75, 3.05) is 25.6 Å². The van der Waals surface area contributed by atoms with Gasteiger partial charge >= 0.3 is 0 Å². The number of nitriles is 1. The Morgan fingerprint density at radius 3 is 2.80 bits per heavy atom. The molecule has 4 nitrogen and oxygen atoms in total. The Balaban J connectivity index is 0.00000361. The Morgan fingerprint density at radius 2 is 2.20 bits per heavy atom. The molecule has 0 aliphatic carbocycles. The lowest BCUT2D eigenvalue weighted by Gasteiger charge is -2.12. The molecule has 1 aromatic rings. The predicted octanol–water partition coefficient (Wildman–Crippen LogP) is 2.34. The molecule has 0 radical (unpaired) electrons. The van der Waals surface area contributed by atoms with Crippen molar-refractivity contribution in [3.8, 4) is 6.07 Å². The molecule has 1 aromatic carbocycles. The quantitative estimate of drug-likeness (QED) is 0.340. The minimum Gasteiger partial charge on any atom is -0.356 e. The van der Waals surface area contributed by atoms with Gasteiger partial charge in [0.2, 0.25) is 0 Å². The van der Waals surface area contributed by atoms with Crippen LogP contribution in [0, 0.1) is 17.1 Å². The minimum atomic E-state index is -0.328. The summed E-state index contributed by atoms with van der Waals surface area (Å²) >= 11 is 1.73. The molecule has 0 aromatic heterocycles. The molecule has 110 valence electrons. The number of hydrogen-bond acceptors (Lipinski definition) is 3. The predicted molar refractivity (Wildman–Crippen MR) is 93.1 cm³/mol. The number of nitrogens with one attached hydrogen (secondary N) is 2. The molecule has 0 aliphatic rings. The number of halogens is 2. The van der Waals surface area contributed by atoms with E-state index in [1.54, 1.807) is 18.8 Å². The van der Waals surface area contributed by atoms with Gasteiger partial charge in [-0.3, -0.25) is 4.99 Å². The molecule has 0 heterocycles. The van der Waals surface area contributed by atoms with Crippen LogP contribution in [0.4, 0.5) is 4.39 Å². The van der Waals surface area contributed by atoms with Gasteiger partial charge in [-0.05, 0) is 24.5 Å². The molecule has 2 N–H and O–H groups in total. The van der Waals surface area contributed by atoms with E-state index in [0.717, 1.165) is 12.3 Å². The highest BCUT2D eigenvalue weighted by Crippen LogP contribution is 2.09. The Kier molecular flexibility index (Phi) is 10.2. The van der Waals surface area contributed by atoms with E-state index in [9.17, 15) is 4.39 Å². The third-order valence-electron chi connectivity index (χ3n) is 2.44. The zero-order valence-corrected chi connectivity index (χ0v) is 14.6. The number of hydrogen-bond donors (Lipinski definition) is 2. The molecular weight excluding hydrogens is 390 g/mol. The SMILES string of the molecule is CN=C(NCCSC)NCc1cc(C#N)ccc1F.I. The molecule has 1 rings (SSSR count). The lowest BCUT2D eigenvalue weighted by atomic mass is 10.1. The maximum Gasteiger partial charge on any atom is 0.191 e. The van der Waals surface area contributed by atoms with Crippen molar-refractivity contribution in [1.29, 1.82) is 5.26 Å². The highest BCUT2D eigenvalue weighted by atomic mass is 127. The Morgan fingerprint density at radius 1 is 1.45 bits per heavy atom. The van der Waals surface area contributed by atoms with Crippen molar-refractivity contribution in [1.82, 2.24) is 10.6 Å². The van der Waals surface area contributed by atoms with Gasteiger partial charge in [-0.15, -0.1) is 24.0 Å². The van der Waals surface area contributed by atoms with Crippen molar-refractivity contribution >= 4 is 41.7 Å². The van der Waals surface area contributed by atoms with Crippen LogP contribution in [0.2, 0.25) is 0 Å². The molecule has 0 aliphatic heterocycles. The molecule has 0 unspecified atom stereocenters. The van der Waals surface area contributed by atoms with Gasteiger partial charge in [-0.1, -0.05) is 0 Å². The molecule has 0 bridgehead atoms. The van der Waals surface area contributed by atoms with Gasteiger partial charge in [-0.25, -0.2) is 4.39 Å². The van der Waals surface area contributed by atoms with E-state index in [0.29, 0.717) is 23.6 Å². The van der Waals surface area contributed by atoms with Gasteiger partial charge in [0.25, 0.3) is 0 Å². The molecule has 0 saturated heterocycles. The van der Waals surface area contributed by atoms with Gasteiger partial charge in [0.1, 0.15) is 5.82 Å². The first-order valence-corrected chi connectivity index (χ1v) is 7.22. The number of guanidine groups is 1. The zero-order valence-electron chi connectivity index (χ0n) is 11.4. The standard InChI is InChI=1S/C13H17FN4S.HI/c1-16-13(17-5-6-19-2)18-9-11-7-10(8-15)3-4-12(11)14;/h3-4,7H,5-6,9H2,1-2H3,(H2,16,17,18);1H. The van der Waals surface area contributed by atoms with Crippen LogP contribution in [0.3, 0.4) is 0 Å². The van der Waals surface area contributed by atoms with Crippen LogP contribution in [0.1, 0.15) is 11.1 Å². The van der Waals surface area contributed by atoms with Crippen molar-refractivity contribution in [2.24, 2.45) is 4.99 Å². The average Bonchev–Trinajstić information content (AvgIpc) is 2.44. The Bertz CT molecular complexity index is 488. The lowest BCUT2D eigenvalue weighted by Crippen LogP contribution is -2.38. The summed E-state index contributed by atoms with van der Waals surface area (Å²) in [6.45, 7) is 1.09. The second-order valence-corrected chi connectivity index (χ2v) is 4.75. The highest BCUT2D eigenvalue weighted by Gasteiger charge is 2.04. The summed E-state index contributed by atoms with van der Waals surface area (Å²) in [6, 6.07) is 6.30. The number of benzene rings is 1. The van der Waals surface area contributed by atoms with Gasteiger partial charge in [0, 0.05) is 31.5 Å². The summed E-state index contributed by atoms with van der Waals surface area (Å²) in [6.07, 6.45) is 2.03. The van der Waals surface area contributed by atoms with Crippen LogP contribution in [0.25, 0.3) is 0 Å². The number of thioether (sulfide) groups is 1. The van der Waals surface area contributed by atoms with Crippen LogP contribution >= 0.6 is 35.7 Å². The summed E-state index contributed by atoms with van der Waals surface area (Å²) in [4.78, 5) is 4.04. The smallest absolute Gasteiger partial charge is 0.191 e. The van der Waals surface area contributed by atoms with Gasteiger partial charge in [0.15, 0.2) is 5.96 Å². The summed E-state index contributed by atoms with van der Waals surface area (Å²) in [5, 5.41) is 14.9. The molecular formula is C13H18FIN4S. The maximum atomic E-state index is 13.6. The van der Waals surface area contributed by atoms with E-state index in [1.165, 1.54) is 18.2 Å². The fraction of sp³-hybridized carbons (Fsp3) is 0.385. The molecule has 0 atom stereocenters. The first-order chi connectivity index (χ1) is 9.21. The van der Waals surface area contributed by atoms with E-state index < -0.39 is 0 Å². The third kappa shape index (κ3) is 6.43. The van der Waals surface area contributed by atoms with E-state index >= 15 is 0 Å². The Hall–Kier alpha value is -1.01. The average molecular weight is 408 g/mol. The highest BCUT2D eigenvalue weighted by molar-refractivity contribution is 14.0. The summed E-state index contributed by atoms with van der Waals surface area (Å²) in [7, 11) is 1.66. The van der Waals surface area contributed by atoms with E-state index in [-0.39, 0.29) is 29.8 Å². The second kappa shape index (κ2) is 10.7. The molecule has 0 amide bonds. The maximum absolute atomic E-state index is 13.6. The topological polar surface area (TPSA) is 60.2 Å². The van der Waals surface area contributed by atoms with E-state index in [4.69, 9.17) is 5.26 Å². The van der Waals surface area contributed by atoms with Crippen LogP contribution in [0.5, 0.6) is 0 Å². The summed E-state index contributed by atoms with van der Waals surface area (Å²) < 4.78 is 13.6. The number of rotatable bonds is 5. The molecule has 0 spiro atoms. The fourth-order valence-corrected chi connectivity index (χ4v) is 1.76. The third-order valence-corrected chi connectivity index (χ3v) is 3.06. The first-order valence-electron chi connectivity index (χ1n) is 5.83. The number of nitrogens with zero attached hydrogens (tertiary/aromatic N) is 2. The first kappa shape index (κ1) is 19.0. The van der Waals surface area contributed by atoms with Crippen LogP contribution in [-0.2, 0) is 6.54 Å². The van der Waals surface area contributed by atoms with Crippen molar-refractivity contribution in [2.45, 2.75) is 6.54 Å². The molecule has 0 saturated carbocycles. The van der Waals surface area contributed by atoms with Gasteiger partial charge in [-0.2, -0.15) is 17.0 Å². The molecule has 0 fully saturated rings. The van der Waals surface area contributed by atoms with Crippen LogP contribution in [-0.4, -0.2) is 31.6 Å². The van der Waals surface area contributed by atoms with Gasteiger partial charge < -0.3 is 10.6 Å². The largest absolute Gasteiger partial charge is 0.356 e. The van der Waals surface area contributed by atoms with Crippen molar-refractivity contribution in [3.05, 3.63) is 35.1 Å². The van der Waals surface area contributed by atoms with Crippen molar-refractivity contribution in [3.63, 3.8) is 0 Å². The monoisotopic (exact) mass is 408 g/mol. The normalized spacial score (nSPS) is 10.4. The van der Waals surface area contributed by atoms with Crippen LogP contribution < -0.4 is 10.6 Å².